The molecule has 2 aliphatic heterocycles. The maximum Gasteiger partial charge on any atom is 0.370 e. The SMILES string of the molecule is CC(=O)N(NCc1cccc(F)c1Cl)[C@@H](CCC(=O)N1CCN(C(C)C)CC1)CONC(=O)N1OCC=C1c1cccc(F)c1. The molecule has 2 heterocycles. The molecule has 0 bridgehead atoms. The first-order chi connectivity index (χ1) is 21.5. The molecule has 1 saturated heterocycles. The predicted molar refractivity (Wildman–Crippen MR) is 164 cm³/mol. The molecule has 0 radical (unpaired) electrons. The molecular weight excluding hydrogens is 610 g/mol. The molecule has 244 valence electrons. The molecule has 2 aliphatic rings. The van der Waals surface area contributed by atoms with Crippen LogP contribution in [0.15, 0.2) is 48.5 Å². The van der Waals surface area contributed by atoms with E-state index in [0.29, 0.717) is 36.0 Å². The van der Waals surface area contributed by atoms with E-state index in [1.165, 1.54) is 42.3 Å². The highest BCUT2D eigenvalue weighted by Crippen LogP contribution is 2.25. The zero-order valence-corrected chi connectivity index (χ0v) is 26.4. The van der Waals surface area contributed by atoms with Gasteiger partial charge < -0.3 is 4.90 Å². The minimum Gasteiger partial charge on any atom is -0.340 e. The quantitative estimate of drug-likeness (QED) is 0.334. The average Bonchev–Trinajstić information content (AvgIpc) is 3.51. The highest BCUT2D eigenvalue weighted by atomic mass is 35.5. The van der Waals surface area contributed by atoms with E-state index in [1.807, 2.05) is 4.90 Å². The van der Waals surface area contributed by atoms with Gasteiger partial charge in [-0.05, 0) is 50.1 Å². The van der Waals surface area contributed by atoms with Crippen LogP contribution in [0.2, 0.25) is 5.02 Å². The Bertz CT molecular complexity index is 1390. The largest absolute Gasteiger partial charge is 0.370 e. The molecule has 14 heteroatoms. The van der Waals surface area contributed by atoms with Crippen LogP contribution in [0.4, 0.5) is 13.6 Å². The van der Waals surface area contributed by atoms with Crippen molar-refractivity contribution in [1.29, 1.82) is 0 Å². The molecule has 45 heavy (non-hydrogen) atoms. The maximum absolute atomic E-state index is 14.0. The van der Waals surface area contributed by atoms with Gasteiger partial charge in [0.2, 0.25) is 11.8 Å². The number of nitrogens with zero attached hydrogens (tertiary/aromatic N) is 4. The second-order valence-corrected chi connectivity index (χ2v) is 11.4. The Hall–Kier alpha value is -3.62. The number of piperazine rings is 1. The lowest BCUT2D eigenvalue weighted by atomic mass is 10.1. The third kappa shape index (κ3) is 9.21. The Balaban J connectivity index is 1.41. The number of hydrogen-bond acceptors (Lipinski definition) is 7. The van der Waals surface area contributed by atoms with Crippen molar-refractivity contribution in [3.05, 3.63) is 76.3 Å². The van der Waals surface area contributed by atoms with E-state index < -0.39 is 23.7 Å². The van der Waals surface area contributed by atoms with Crippen molar-refractivity contribution in [2.24, 2.45) is 0 Å². The van der Waals surface area contributed by atoms with Crippen molar-refractivity contribution in [3.8, 4) is 0 Å². The molecule has 1 atom stereocenters. The number of hydrazine groups is 1. The normalized spacial score (nSPS) is 16.1. The fourth-order valence-electron chi connectivity index (χ4n) is 5.21. The van der Waals surface area contributed by atoms with Gasteiger partial charge in [0, 0.05) is 57.7 Å². The first-order valence-corrected chi connectivity index (χ1v) is 15.2. The number of benzene rings is 2. The molecule has 0 aliphatic carbocycles. The first-order valence-electron chi connectivity index (χ1n) is 14.8. The second-order valence-electron chi connectivity index (χ2n) is 11.0. The summed E-state index contributed by atoms with van der Waals surface area (Å²) in [7, 11) is 0. The molecular formula is C31H39ClF2N6O5. The average molecular weight is 649 g/mol. The van der Waals surface area contributed by atoms with E-state index in [4.69, 9.17) is 21.3 Å². The molecule has 0 aromatic heterocycles. The topological polar surface area (TPSA) is 107 Å². The summed E-state index contributed by atoms with van der Waals surface area (Å²) >= 11 is 6.11. The number of halogens is 3. The Morgan fingerprint density at radius 1 is 1.09 bits per heavy atom. The van der Waals surface area contributed by atoms with Gasteiger partial charge in [-0.15, -0.1) is 0 Å². The number of amides is 4. The van der Waals surface area contributed by atoms with E-state index in [2.05, 4.69) is 29.7 Å². The van der Waals surface area contributed by atoms with Crippen LogP contribution >= 0.6 is 11.6 Å². The standard InChI is InChI=1S/C31H39ClF2N6O5/c1-21(2)37-13-15-38(16-14-37)29(42)11-10-26(39(22(3)41)35-19-24-7-5-9-27(34)30(24)32)20-44-36-31(43)40-28(12-17-45-40)23-6-4-8-25(33)18-23/h4-9,12,18,21,26,35H,10-11,13-17,19-20H2,1-3H3,(H,36,43)/t26-/m0/s1. The smallest absolute Gasteiger partial charge is 0.340 e. The van der Waals surface area contributed by atoms with Gasteiger partial charge in [-0.1, -0.05) is 35.9 Å². The fourth-order valence-corrected chi connectivity index (χ4v) is 5.40. The van der Waals surface area contributed by atoms with Crippen LogP contribution in [0.5, 0.6) is 0 Å². The van der Waals surface area contributed by atoms with Crippen LogP contribution in [-0.2, 0) is 25.8 Å². The summed E-state index contributed by atoms with van der Waals surface area (Å²) in [4.78, 5) is 53.9. The molecule has 2 aromatic rings. The van der Waals surface area contributed by atoms with E-state index in [9.17, 15) is 23.2 Å². The zero-order chi connectivity index (χ0) is 32.5. The van der Waals surface area contributed by atoms with Crippen LogP contribution in [0.25, 0.3) is 5.70 Å². The molecule has 4 rings (SSSR count). The number of urea groups is 1. The van der Waals surface area contributed by atoms with Crippen molar-refractivity contribution in [2.75, 3.05) is 39.4 Å². The number of rotatable bonds is 12. The summed E-state index contributed by atoms with van der Waals surface area (Å²) in [6.45, 7) is 8.28. The number of hydrogen-bond donors (Lipinski definition) is 2. The van der Waals surface area contributed by atoms with Gasteiger partial charge in [0.05, 0.1) is 30.0 Å². The van der Waals surface area contributed by atoms with Crippen LogP contribution < -0.4 is 10.9 Å². The lowest BCUT2D eigenvalue weighted by Gasteiger charge is -2.37. The fraction of sp³-hybridized carbons (Fsp3) is 0.452. The molecule has 11 nitrogen and oxygen atoms in total. The molecule has 0 spiro atoms. The molecule has 2 N–H and O–H groups in total. The van der Waals surface area contributed by atoms with Gasteiger partial charge in [0.25, 0.3) is 0 Å². The van der Waals surface area contributed by atoms with Crippen molar-refractivity contribution >= 4 is 35.1 Å². The van der Waals surface area contributed by atoms with Crippen molar-refractivity contribution in [1.82, 2.24) is 30.8 Å². The minimum atomic E-state index is -0.769. The van der Waals surface area contributed by atoms with Crippen LogP contribution in [-0.4, -0.2) is 89.2 Å². The van der Waals surface area contributed by atoms with Crippen molar-refractivity contribution < 1.29 is 32.8 Å². The van der Waals surface area contributed by atoms with Gasteiger partial charge in [-0.3, -0.25) is 29.2 Å². The molecule has 0 unspecified atom stereocenters. The highest BCUT2D eigenvalue weighted by molar-refractivity contribution is 6.31. The molecule has 2 aromatic carbocycles. The van der Waals surface area contributed by atoms with Gasteiger partial charge >= 0.3 is 6.03 Å². The molecule has 0 saturated carbocycles. The Kier molecular flexibility index (Phi) is 12.3. The van der Waals surface area contributed by atoms with Crippen molar-refractivity contribution in [2.45, 2.75) is 52.2 Å². The number of carbonyl (C=O) groups is 3. The summed E-state index contributed by atoms with van der Waals surface area (Å²) in [5.74, 6) is -1.50. The minimum absolute atomic E-state index is 0.0214. The summed E-state index contributed by atoms with van der Waals surface area (Å²) in [6, 6.07) is 9.02. The van der Waals surface area contributed by atoms with Gasteiger partial charge in [0.15, 0.2) is 0 Å². The second kappa shape index (κ2) is 16.1. The van der Waals surface area contributed by atoms with E-state index in [-0.39, 0.29) is 49.4 Å². The molecule has 4 amide bonds. The lowest BCUT2D eigenvalue weighted by Crippen LogP contribution is -2.53. The Labute approximate surface area is 266 Å². The highest BCUT2D eigenvalue weighted by Gasteiger charge is 2.29. The summed E-state index contributed by atoms with van der Waals surface area (Å²) in [5, 5.41) is 2.18. The number of nitrogens with one attached hydrogen (secondary N) is 2. The maximum atomic E-state index is 14.0. The third-order valence-electron chi connectivity index (χ3n) is 7.70. The van der Waals surface area contributed by atoms with Gasteiger partial charge in [0.1, 0.15) is 11.6 Å². The van der Waals surface area contributed by atoms with E-state index in [1.54, 1.807) is 18.2 Å². The van der Waals surface area contributed by atoms with E-state index in [0.717, 1.165) is 18.2 Å². The zero-order valence-electron chi connectivity index (χ0n) is 25.6. The first kappa shape index (κ1) is 34.3. The number of carbonyl (C=O) groups excluding carboxylic acids is 3. The number of hydroxylamine groups is 3. The lowest BCUT2D eigenvalue weighted by molar-refractivity contribution is -0.140. The summed E-state index contributed by atoms with van der Waals surface area (Å²) < 4.78 is 27.8. The van der Waals surface area contributed by atoms with Gasteiger partial charge in [-0.2, -0.15) is 5.06 Å². The Morgan fingerprint density at radius 3 is 2.51 bits per heavy atom. The van der Waals surface area contributed by atoms with Crippen LogP contribution in [0, 0.1) is 11.6 Å². The van der Waals surface area contributed by atoms with Crippen molar-refractivity contribution in [3.63, 3.8) is 0 Å². The monoisotopic (exact) mass is 648 g/mol. The predicted octanol–water partition coefficient (Wildman–Crippen LogP) is 4.10. The van der Waals surface area contributed by atoms with E-state index >= 15 is 0 Å². The third-order valence-corrected chi connectivity index (χ3v) is 8.13. The summed E-state index contributed by atoms with van der Waals surface area (Å²) in [5.41, 5.74) is 6.50. The summed E-state index contributed by atoms with van der Waals surface area (Å²) in [6.07, 6.45) is 1.96. The molecule has 1 fully saturated rings. The van der Waals surface area contributed by atoms with Gasteiger partial charge in [-0.25, -0.2) is 24.5 Å². The Morgan fingerprint density at radius 2 is 1.82 bits per heavy atom. The van der Waals surface area contributed by atoms with Crippen LogP contribution in [0.1, 0.15) is 44.7 Å². The van der Waals surface area contributed by atoms with Crippen LogP contribution in [0.3, 0.4) is 0 Å².